The summed E-state index contributed by atoms with van der Waals surface area (Å²) in [6.45, 7) is 4.02. The highest BCUT2D eigenvalue weighted by atomic mass is 16.5. The number of ether oxygens (including phenoxy) is 1. The molecule has 7 nitrogen and oxygen atoms in total. The fraction of sp³-hybridized carbons (Fsp3) is 0.500. The van der Waals surface area contributed by atoms with Gasteiger partial charge >= 0.3 is 5.97 Å². The van der Waals surface area contributed by atoms with Crippen LogP contribution in [0.25, 0.3) is 0 Å². The number of likely N-dealkylation sites (N-methyl/N-ethyl adjacent to an activating group) is 1. The lowest BCUT2D eigenvalue weighted by molar-refractivity contribution is -0.142. The number of aliphatic carboxylic acids is 1. The number of hydrogen-bond acceptors (Lipinski definition) is 4. The molecule has 1 aliphatic heterocycles. The quantitative estimate of drug-likeness (QED) is 0.829. The first-order valence-electron chi connectivity index (χ1n) is 6.76. The second-order valence-electron chi connectivity index (χ2n) is 5.03. The molecular weight excluding hydrogens is 276 g/mol. The van der Waals surface area contributed by atoms with Gasteiger partial charge in [0.1, 0.15) is 11.5 Å². The molecule has 2 heterocycles. The van der Waals surface area contributed by atoms with E-state index in [4.69, 9.17) is 4.74 Å². The van der Waals surface area contributed by atoms with Gasteiger partial charge in [0, 0.05) is 24.5 Å². The first kappa shape index (κ1) is 15.2. The normalized spacial score (nSPS) is 21.2. The number of carboxylic acids is 1. The second-order valence-corrected chi connectivity index (χ2v) is 5.03. The maximum Gasteiger partial charge on any atom is 0.311 e. The van der Waals surface area contributed by atoms with Crippen LogP contribution in [0.3, 0.4) is 0 Å². The number of carbonyl (C=O) groups excluding carboxylic acids is 1. The van der Waals surface area contributed by atoms with Gasteiger partial charge in [0.25, 0.3) is 5.91 Å². The Labute approximate surface area is 121 Å². The van der Waals surface area contributed by atoms with Crippen molar-refractivity contribution in [1.29, 1.82) is 0 Å². The van der Waals surface area contributed by atoms with Crippen LogP contribution in [0.1, 0.15) is 23.0 Å². The van der Waals surface area contributed by atoms with Gasteiger partial charge in [-0.3, -0.25) is 14.4 Å². The second kappa shape index (κ2) is 6.09. The van der Waals surface area contributed by atoms with E-state index < -0.39 is 23.8 Å². The number of carbonyl (C=O) groups is 2. The first-order valence-corrected chi connectivity index (χ1v) is 6.76. The minimum absolute atomic E-state index is 0.0125. The molecule has 21 heavy (non-hydrogen) atoms. The van der Waals surface area contributed by atoms with Crippen molar-refractivity contribution >= 4 is 11.9 Å². The predicted octanol–water partition coefficient (Wildman–Crippen LogP) is 0.245. The van der Waals surface area contributed by atoms with Crippen LogP contribution in [0.15, 0.2) is 17.1 Å². The Bertz CT molecular complexity index is 610. The van der Waals surface area contributed by atoms with Gasteiger partial charge in [0.05, 0.1) is 19.3 Å². The molecular formula is C14H18N2O5. The van der Waals surface area contributed by atoms with Crippen molar-refractivity contribution in [1.82, 2.24) is 9.88 Å². The molecule has 1 aliphatic rings. The first-order chi connectivity index (χ1) is 9.95. The molecule has 0 aliphatic carbocycles. The van der Waals surface area contributed by atoms with Gasteiger partial charge in [-0.2, -0.15) is 0 Å². The van der Waals surface area contributed by atoms with Crippen LogP contribution < -0.4 is 5.43 Å². The number of H-pyrrole nitrogens is 1. The van der Waals surface area contributed by atoms with E-state index >= 15 is 0 Å². The van der Waals surface area contributed by atoms with Gasteiger partial charge in [0.15, 0.2) is 5.43 Å². The summed E-state index contributed by atoms with van der Waals surface area (Å²) in [7, 11) is 0. The van der Waals surface area contributed by atoms with Crippen molar-refractivity contribution in [3.05, 3.63) is 33.7 Å². The molecule has 2 N–H and O–H groups in total. The number of aryl methyl sites for hydroxylation is 1. The predicted molar refractivity (Wildman–Crippen MR) is 74.2 cm³/mol. The third-order valence-electron chi connectivity index (χ3n) is 3.66. The summed E-state index contributed by atoms with van der Waals surface area (Å²) in [5, 5.41) is 9.19. The van der Waals surface area contributed by atoms with E-state index in [1.54, 1.807) is 13.8 Å². The van der Waals surface area contributed by atoms with E-state index in [0.717, 1.165) is 0 Å². The number of carboxylic acid groups (broad SMARTS) is 1. The number of aromatic nitrogens is 1. The molecule has 0 radical (unpaired) electrons. The SMILES string of the molecule is CCN(C(=O)c1c[nH]c(C)cc1=O)C1COCC1C(=O)O. The molecule has 1 aromatic rings. The van der Waals surface area contributed by atoms with E-state index in [9.17, 15) is 19.5 Å². The maximum absolute atomic E-state index is 12.5. The van der Waals surface area contributed by atoms with E-state index in [0.29, 0.717) is 12.2 Å². The number of pyridine rings is 1. The van der Waals surface area contributed by atoms with Crippen LogP contribution in [-0.2, 0) is 9.53 Å². The van der Waals surface area contributed by atoms with Crippen LogP contribution in [-0.4, -0.2) is 52.7 Å². The van der Waals surface area contributed by atoms with E-state index in [-0.39, 0.29) is 24.2 Å². The van der Waals surface area contributed by atoms with Crippen LogP contribution in [0.4, 0.5) is 0 Å². The monoisotopic (exact) mass is 294 g/mol. The van der Waals surface area contributed by atoms with Gasteiger partial charge in [-0.15, -0.1) is 0 Å². The zero-order valence-corrected chi connectivity index (χ0v) is 12.0. The number of amides is 1. The van der Waals surface area contributed by atoms with Gasteiger partial charge in [0.2, 0.25) is 0 Å². The molecule has 114 valence electrons. The summed E-state index contributed by atoms with van der Waals surface area (Å²) in [5.41, 5.74) is 0.297. The Morgan fingerprint density at radius 2 is 2.19 bits per heavy atom. The van der Waals surface area contributed by atoms with Crippen molar-refractivity contribution in [2.24, 2.45) is 5.92 Å². The van der Waals surface area contributed by atoms with E-state index in [1.165, 1.54) is 17.2 Å². The Hall–Kier alpha value is -2.15. The Kier molecular flexibility index (Phi) is 4.42. The van der Waals surface area contributed by atoms with E-state index in [1.807, 2.05) is 0 Å². The highest BCUT2D eigenvalue weighted by Gasteiger charge is 2.40. The van der Waals surface area contributed by atoms with Crippen molar-refractivity contribution in [2.75, 3.05) is 19.8 Å². The molecule has 0 aromatic carbocycles. The molecule has 1 aromatic heterocycles. The largest absolute Gasteiger partial charge is 0.481 e. The van der Waals surface area contributed by atoms with Crippen LogP contribution in [0, 0.1) is 12.8 Å². The van der Waals surface area contributed by atoms with Gasteiger partial charge < -0.3 is 19.7 Å². The third kappa shape index (κ3) is 2.97. The molecule has 0 saturated carbocycles. The summed E-state index contributed by atoms with van der Waals surface area (Å²) in [5.74, 6) is -2.24. The van der Waals surface area contributed by atoms with Gasteiger partial charge in [-0.25, -0.2) is 0 Å². The molecule has 0 bridgehead atoms. The fourth-order valence-electron chi connectivity index (χ4n) is 2.51. The summed E-state index contributed by atoms with van der Waals surface area (Å²) >= 11 is 0. The summed E-state index contributed by atoms with van der Waals surface area (Å²) in [4.78, 5) is 39.9. The lowest BCUT2D eigenvalue weighted by atomic mass is 10.0. The number of hydrogen-bond donors (Lipinski definition) is 2. The molecule has 2 unspecified atom stereocenters. The topological polar surface area (TPSA) is 99.7 Å². The minimum atomic E-state index is -0.999. The number of rotatable bonds is 4. The van der Waals surface area contributed by atoms with Gasteiger partial charge in [-0.05, 0) is 13.8 Å². The molecule has 7 heteroatoms. The minimum Gasteiger partial charge on any atom is -0.481 e. The zero-order chi connectivity index (χ0) is 15.6. The molecule has 1 fully saturated rings. The highest BCUT2D eigenvalue weighted by molar-refractivity contribution is 5.94. The fourth-order valence-corrected chi connectivity index (χ4v) is 2.51. The molecule has 1 saturated heterocycles. The molecule has 2 rings (SSSR count). The number of nitrogens with zero attached hydrogens (tertiary/aromatic N) is 1. The molecule has 0 spiro atoms. The number of nitrogens with one attached hydrogen (secondary N) is 1. The van der Waals surface area contributed by atoms with Gasteiger partial charge in [-0.1, -0.05) is 0 Å². The Morgan fingerprint density at radius 3 is 2.76 bits per heavy atom. The van der Waals surface area contributed by atoms with E-state index in [2.05, 4.69) is 4.98 Å². The summed E-state index contributed by atoms with van der Waals surface area (Å²) < 4.78 is 5.19. The van der Waals surface area contributed by atoms with Crippen molar-refractivity contribution in [3.63, 3.8) is 0 Å². The third-order valence-corrected chi connectivity index (χ3v) is 3.66. The molecule has 2 atom stereocenters. The van der Waals surface area contributed by atoms with Crippen LogP contribution in [0.5, 0.6) is 0 Å². The number of aromatic amines is 1. The highest BCUT2D eigenvalue weighted by Crippen LogP contribution is 2.21. The molecule has 1 amide bonds. The standard InChI is InChI=1S/C14H18N2O5/c1-3-16(11-7-21-6-10(11)14(19)20)13(18)9-5-15-8(2)4-12(9)17/h4-5,10-11H,3,6-7H2,1-2H3,(H,15,17)(H,19,20). The summed E-state index contributed by atoms with van der Waals surface area (Å²) in [6, 6.07) is 0.793. The zero-order valence-electron chi connectivity index (χ0n) is 12.0. The smallest absolute Gasteiger partial charge is 0.311 e. The Balaban J connectivity index is 2.30. The van der Waals surface area contributed by atoms with Crippen molar-refractivity contribution in [3.8, 4) is 0 Å². The average molecular weight is 294 g/mol. The van der Waals surface area contributed by atoms with Crippen molar-refractivity contribution < 1.29 is 19.4 Å². The summed E-state index contributed by atoms with van der Waals surface area (Å²) in [6.07, 6.45) is 1.37. The van der Waals surface area contributed by atoms with Crippen LogP contribution >= 0.6 is 0 Å². The Morgan fingerprint density at radius 1 is 1.48 bits per heavy atom. The van der Waals surface area contributed by atoms with Crippen LogP contribution in [0.2, 0.25) is 0 Å². The van der Waals surface area contributed by atoms with Crippen molar-refractivity contribution in [2.45, 2.75) is 19.9 Å². The maximum atomic E-state index is 12.5. The lowest BCUT2D eigenvalue weighted by Crippen LogP contribution is -2.47. The average Bonchev–Trinajstić information content (AvgIpc) is 2.88. The lowest BCUT2D eigenvalue weighted by Gasteiger charge is -2.29.